The van der Waals surface area contributed by atoms with Crippen LogP contribution in [0.15, 0.2) is 41.9 Å². The van der Waals surface area contributed by atoms with Crippen molar-refractivity contribution in [3.63, 3.8) is 0 Å². The molecule has 0 radical (unpaired) electrons. The van der Waals surface area contributed by atoms with Crippen LogP contribution in [-0.2, 0) is 13.1 Å². The normalized spacial score (nSPS) is 11.0. The molecule has 0 fully saturated rings. The molecule has 0 aliphatic carbocycles. The van der Waals surface area contributed by atoms with E-state index in [1.54, 1.807) is 11.3 Å². The highest BCUT2D eigenvalue weighted by molar-refractivity contribution is 7.10. The fourth-order valence-electron chi connectivity index (χ4n) is 1.97. The average Bonchev–Trinajstić information content (AvgIpc) is 2.84. The van der Waals surface area contributed by atoms with Gasteiger partial charge in [0.15, 0.2) is 0 Å². The van der Waals surface area contributed by atoms with Crippen LogP contribution in [0.4, 0.5) is 0 Å². The third-order valence-corrected chi connectivity index (χ3v) is 4.08. The maximum absolute atomic E-state index is 4.59. The van der Waals surface area contributed by atoms with Crippen LogP contribution in [0.3, 0.4) is 0 Å². The Labute approximate surface area is 116 Å². The molecule has 3 nitrogen and oxygen atoms in total. The lowest BCUT2D eigenvalue weighted by Gasteiger charge is -2.04. The van der Waals surface area contributed by atoms with E-state index in [0.29, 0.717) is 0 Å². The van der Waals surface area contributed by atoms with Crippen molar-refractivity contribution in [3.05, 3.63) is 58.0 Å². The molecule has 0 saturated carbocycles. The highest BCUT2D eigenvalue weighted by atomic mass is 32.1. The SMILES string of the molecule is Cc1ccsc1CNCc1cnc2ccccc2n1. The second kappa shape index (κ2) is 5.47. The van der Waals surface area contributed by atoms with Gasteiger partial charge in [0.2, 0.25) is 0 Å². The molecule has 0 aliphatic rings. The molecular formula is C15H15N3S. The van der Waals surface area contributed by atoms with Gasteiger partial charge >= 0.3 is 0 Å². The predicted octanol–water partition coefficient (Wildman–Crippen LogP) is 3.29. The van der Waals surface area contributed by atoms with Crippen LogP contribution in [0.1, 0.15) is 16.1 Å². The van der Waals surface area contributed by atoms with Gasteiger partial charge in [0.1, 0.15) is 0 Å². The van der Waals surface area contributed by atoms with Crippen LogP contribution >= 0.6 is 11.3 Å². The second-order valence-corrected chi connectivity index (χ2v) is 5.48. The quantitative estimate of drug-likeness (QED) is 0.789. The lowest BCUT2D eigenvalue weighted by atomic mass is 10.3. The average molecular weight is 269 g/mol. The summed E-state index contributed by atoms with van der Waals surface area (Å²) in [7, 11) is 0. The number of para-hydroxylation sites is 2. The maximum Gasteiger partial charge on any atom is 0.0890 e. The zero-order valence-electron chi connectivity index (χ0n) is 10.8. The van der Waals surface area contributed by atoms with Crippen molar-refractivity contribution < 1.29 is 0 Å². The molecule has 0 unspecified atom stereocenters. The van der Waals surface area contributed by atoms with Crippen LogP contribution in [0.25, 0.3) is 11.0 Å². The Hall–Kier alpha value is -1.78. The Morgan fingerprint density at radius 1 is 1.11 bits per heavy atom. The standard InChI is InChI=1S/C15H15N3S/c1-11-6-7-19-15(11)10-16-8-12-9-17-13-4-2-3-5-14(13)18-12/h2-7,9,16H,8,10H2,1H3. The van der Waals surface area contributed by atoms with E-state index >= 15 is 0 Å². The van der Waals surface area contributed by atoms with E-state index in [2.05, 4.69) is 33.7 Å². The third-order valence-electron chi connectivity index (χ3n) is 3.06. The van der Waals surface area contributed by atoms with E-state index in [0.717, 1.165) is 29.8 Å². The molecule has 4 heteroatoms. The van der Waals surface area contributed by atoms with E-state index in [-0.39, 0.29) is 0 Å². The van der Waals surface area contributed by atoms with Gasteiger partial charge in [0.25, 0.3) is 0 Å². The highest BCUT2D eigenvalue weighted by Gasteiger charge is 2.01. The Kier molecular flexibility index (Phi) is 3.53. The zero-order chi connectivity index (χ0) is 13.1. The number of rotatable bonds is 4. The molecule has 19 heavy (non-hydrogen) atoms. The van der Waals surface area contributed by atoms with Gasteiger partial charge < -0.3 is 5.32 Å². The van der Waals surface area contributed by atoms with Gasteiger partial charge in [-0.2, -0.15) is 0 Å². The first-order chi connectivity index (χ1) is 9.33. The number of aryl methyl sites for hydroxylation is 1. The van der Waals surface area contributed by atoms with Gasteiger partial charge in [-0.25, -0.2) is 4.98 Å². The molecule has 2 heterocycles. The summed E-state index contributed by atoms with van der Waals surface area (Å²) in [5.41, 5.74) is 4.23. The molecule has 0 aliphatic heterocycles. The zero-order valence-corrected chi connectivity index (χ0v) is 11.6. The molecule has 0 spiro atoms. The summed E-state index contributed by atoms with van der Waals surface area (Å²) in [6.07, 6.45) is 1.84. The Morgan fingerprint density at radius 2 is 1.95 bits per heavy atom. The summed E-state index contributed by atoms with van der Waals surface area (Å²) in [6, 6.07) is 10.1. The second-order valence-electron chi connectivity index (χ2n) is 4.48. The monoisotopic (exact) mass is 269 g/mol. The van der Waals surface area contributed by atoms with Crippen molar-refractivity contribution in [2.24, 2.45) is 0 Å². The summed E-state index contributed by atoms with van der Waals surface area (Å²) in [5, 5.41) is 5.54. The first kappa shape index (κ1) is 12.3. The predicted molar refractivity (Wildman–Crippen MR) is 79.1 cm³/mol. The van der Waals surface area contributed by atoms with E-state index in [4.69, 9.17) is 0 Å². The fraction of sp³-hybridized carbons (Fsp3) is 0.200. The van der Waals surface area contributed by atoms with Crippen molar-refractivity contribution >= 4 is 22.4 Å². The topological polar surface area (TPSA) is 37.8 Å². The van der Waals surface area contributed by atoms with Gasteiger partial charge in [-0.3, -0.25) is 4.98 Å². The number of nitrogens with one attached hydrogen (secondary N) is 1. The van der Waals surface area contributed by atoms with Crippen molar-refractivity contribution in [3.8, 4) is 0 Å². The van der Waals surface area contributed by atoms with Crippen LogP contribution in [0.5, 0.6) is 0 Å². The summed E-state index contributed by atoms with van der Waals surface area (Å²) in [6.45, 7) is 3.77. The molecule has 1 N–H and O–H groups in total. The maximum atomic E-state index is 4.59. The number of nitrogens with zero attached hydrogens (tertiary/aromatic N) is 2. The summed E-state index contributed by atoms with van der Waals surface area (Å²) < 4.78 is 0. The van der Waals surface area contributed by atoms with Gasteiger partial charge in [-0.15, -0.1) is 11.3 Å². The van der Waals surface area contributed by atoms with Crippen molar-refractivity contribution in [1.82, 2.24) is 15.3 Å². The van der Waals surface area contributed by atoms with E-state index in [9.17, 15) is 0 Å². The molecule has 3 rings (SSSR count). The van der Waals surface area contributed by atoms with Gasteiger partial charge in [0, 0.05) is 18.0 Å². The van der Waals surface area contributed by atoms with Crippen molar-refractivity contribution in [2.45, 2.75) is 20.0 Å². The van der Waals surface area contributed by atoms with Crippen LogP contribution in [-0.4, -0.2) is 9.97 Å². The Bertz CT molecular complexity index is 690. The van der Waals surface area contributed by atoms with Crippen molar-refractivity contribution in [2.75, 3.05) is 0 Å². The fourth-order valence-corrected chi connectivity index (χ4v) is 2.85. The van der Waals surface area contributed by atoms with Crippen LogP contribution in [0.2, 0.25) is 0 Å². The lowest BCUT2D eigenvalue weighted by molar-refractivity contribution is 0.684. The van der Waals surface area contributed by atoms with Gasteiger partial charge in [0.05, 0.1) is 22.9 Å². The molecular weight excluding hydrogens is 254 g/mol. The molecule has 0 saturated heterocycles. The van der Waals surface area contributed by atoms with Crippen LogP contribution in [0, 0.1) is 6.92 Å². The Balaban J connectivity index is 1.67. The molecule has 1 aromatic carbocycles. The lowest BCUT2D eigenvalue weighted by Crippen LogP contribution is -2.13. The summed E-state index contributed by atoms with van der Waals surface area (Å²) in [4.78, 5) is 10.4. The molecule has 0 bridgehead atoms. The minimum Gasteiger partial charge on any atom is -0.306 e. The molecule has 96 valence electrons. The highest BCUT2D eigenvalue weighted by Crippen LogP contribution is 2.15. The number of hydrogen-bond donors (Lipinski definition) is 1. The van der Waals surface area contributed by atoms with Gasteiger partial charge in [-0.1, -0.05) is 12.1 Å². The number of aromatic nitrogens is 2. The minimum atomic E-state index is 0.745. The minimum absolute atomic E-state index is 0.745. The number of benzene rings is 1. The molecule has 2 aromatic heterocycles. The van der Waals surface area contributed by atoms with Crippen molar-refractivity contribution in [1.29, 1.82) is 0 Å². The van der Waals surface area contributed by atoms with Crippen LogP contribution < -0.4 is 5.32 Å². The first-order valence-corrected chi connectivity index (χ1v) is 7.15. The van der Waals surface area contributed by atoms with E-state index in [1.807, 2.05) is 30.5 Å². The van der Waals surface area contributed by atoms with Gasteiger partial charge in [-0.05, 0) is 36.1 Å². The first-order valence-electron chi connectivity index (χ1n) is 6.27. The number of fused-ring (bicyclic) bond motifs is 1. The van der Waals surface area contributed by atoms with E-state index < -0.39 is 0 Å². The summed E-state index contributed by atoms with van der Waals surface area (Å²) >= 11 is 1.79. The molecule has 0 amide bonds. The smallest absolute Gasteiger partial charge is 0.0890 e. The van der Waals surface area contributed by atoms with E-state index in [1.165, 1.54) is 10.4 Å². The molecule has 3 aromatic rings. The largest absolute Gasteiger partial charge is 0.306 e. The number of hydrogen-bond acceptors (Lipinski definition) is 4. The summed E-state index contributed by atoms with van der Waals surface area (Å²) in [5.74, 6) is 0. The number of thiophene rings is 1. The molecule has 0 atom stereocenters. The third kappa shape index (κ3) is 2.80. The Morgan fingerprint density at radius 3 is 2.74 bits per heavy atom.